The standard InChI is InChI=1S/C15H16N2O4/c1-20-13-5-3-11(4-6-13)10-17-8-7-12(16-17)9-14(18)15(19)21-2/h3-8H,9-10H2,1-2H3. The number of methoxy groups -OCH3 is 2. The largest absolute Gasteiger partial charge is 0.497 e. The maximum atomic E-state index is 11.4. The van der Waals surface area contributed by atoms with Crippen LogP contribution < -0.4 is 4.74 Å². The number of hydrogen-bond donors (Lipinski definition) is 0. The van der Waals surface area contributed by atoms with Crippen LogP contribution in [0, 0.1) is 0 Å². The van der Waals surface area contributed by atoms with Crippen molar-refractivity contribution in [1.82, 2.24) is 9.78 Å². The number of aromatic nitrogens is 2. The summed E-state index contributed by atoms with van der Waals surface area (Å²) in [5.41, 5.74) is 1.60. The third-order valence-electron chi connectivity index (χ3n) is 2.95. The van der Waals surface area contributed by atoms with E-state index in [0.29, 0.717) is 12.2 Å². The number of esters is 1. The Morgan fingerprint density at radius 3 is 2.48 bits per heavy atom. The van der Waals surface area contributed by atoms with Crippen molar-refractivity contribution < 1.29 is 19.1 Å². The summed E-state index contributed by atoms with van der Waals surface area (Å²) < 4.78 is 11.2. The molecule has 0 saturated heterocycles. The molecule has 2 aromatic rings. The molecule has 21 heavy (non-hydrogen) atoms. The van der Waals surface area contributed by atoms with Crippen LogP contribution in [0.25, 0.3) is 0 Å². The first-order valence-electron chi connectivity index (χ1n) is 6.39. The zero-order valence-electron chi connectivity index (χ0n) is 11.9. The summed E-state index contributed by atoms with van der Waals surface area (Å²) in [4.78, 5) is 22.5. The van der Waals surface area contributed by atoms with Crippen molar-refractivity contribution in [2.24, 2.45) is 0 Å². The van der Waals surface area contributed by atoms with Crippen molar-refractivity contribution in [3.05, 3.63) is 47.8 Å². The second-order valence-electron chi connectivity index (χ2n) is 4.44. The lowest BCUT2D eigenvalue weighted by Gasteiger charge is -2.04. The molecular weight excluding hydrogens is 272 g/mol. The van der Waals surface area contributed by atoms with Crippen LogP contribution in [0.2, 0.25) is 0 Å². The molecule has 0 aliphatic rings. The molecular formula is C15H16N2O4. The molecule has 0 bridgehead atoms. The van der Waals surface area contributed by atoms with E-state index in [4.69, 9.17) is 4.74 Å². The van der Waals surface area contributed by atoms with Gasteiger partial charge in [-0.1, -0.05) is 12.1 Å². The molecule has 0 spiro atoms. The van der Waals surface area contributed by atoms with Gasteiger partial charge in [0.2, 0.25) is 5.78 Å². The summed E-state index contributed by atoms with van der Waals surface area (Å²) >= 11 is 0. The van der Waals surface area contributed by atoms with Crippen LogP contribution in [-0.2, 0) is 27.3 Å². The van der Waals surface area contributed by atoms with Gasteiger partial charge < -0.3 is 9.47 Å². The normalized spacial score (nSPS) is 10.2. The molecule has 2 rings (SSSR count). The van der Waals surface area contributed by atoms with Crippen LogP contribution in [0.1, 0.15) is 11.3 Å². The summed E-state index contributed by atoms with van der Waals surface area (Å²) in [5.74, 6) is -0.657. The molecule has 0 radical (unpaired) electrons. The van der Waals surface area contributed by atoms with Gasteiger partial charge in [0.05, 0.1) is 32.9 Å². The van der Waals surface area contributed by atoms with Crippen LogP contribution in [0.15, 0.2) is 36.5 Å². The van der Waals surface area contributed by atoms with Crippen molar-refractivity contribution in [1.29, 1.82) is 0 Å². The number of carbonyl (C=O) groups excluding carboxylic acids is 2. The van der Waals surface area contributed by atoms with Gasteiger partial charge in [-0.25, -0.2) is 4.79 Å². The highest BCUT2D eigenvalue weighted by Gasteiger charge is 2.15. The van der Waals surface area contributed by atoms with Gasteiger partial charge in [-0.05, 0) is 23.8 Å². The van der Waals surface area contributed by atoms with Crippen LogP contribution in [0.4, 0.5) is 0 Å². The number of benzene rings is 1. The van der Waals surface area contributed by atoms with Crippen LogP contribution in [0.3, 0.4) is 0 Å². The van der Waals surface area contributed by atoms with Gasteiger partial charge in [0, 0.05) is 6.20 Å². The fourth-order valence-electron chi connectivity index (χ4n) is 1.85. The van der Waals surface area contributed by atoms with Gasteiger partial charge in [0.25, 0.3) is 0 Å². The first-order valence-corrected chi connectivity index (χ1v) is 6.39. The average Bonchev–Trinajstić information content (AvgIpc) is 2.94. The minimum atomic E-state index is -0.847. The van der Waals surface area contributed by atoms with Gasteiger partial charge in [0.1, 0.15) is 5.75 Å². The first kappa shape index (κ1) is 14.8. The molecule has 1 aromatic heterocycles. The molecule has 0 atom stereocenters. The van der Waals surface area contributed by atoms with Crippen LogP contribution >= 0.6 is 0 Å². The Morgan fingerprint density at radius 2 is 1.86 bits per heavy atom. The van der Waals surface area contributed by atoms with Crippen molar-refractivity contribution in [3.63, 3.8) is 0 Å². The number of ketones is 1. The van der Waals surface area contributed by atoms with E-state index < -0.39 is 11.8 Å². The second kappa shape index (κ2) is 6.69. The fourth-order valence-corrected chi connectivity index (χ4v) is 1.85. The Morgan fingerprint density at radius 1 is 1.14 bits per heavy atom. The van der Waals surface area contributed by atoms with Crippen molar-refractivity contribution >= 4 is 11.8 Å². The number of nitrogens with zero attached hydrogens (tertiary/aromatic N) is 2. The highest BCUT2D eigenvalue weighted by Crippen LogP contribution is 2.12. The lowest BCUT2D eigenvalue weighted by molar-refractivity contribution is -0.151. The van der Waals surface area contributed by atoms with Crippen molar-refractivity contribution in [3.8, 4) is 5.75 Å². The monoisotopic (exact) mass is 288 g/mol. The molecule has 6 heteroatoms. The average molecular weight is 288 g/mol. The van der Waals surface area contributed by atoms with E-state index >= 15 is 0 Å². The Kier molecular flexibility index (Phi) is 4.71. The van der Waals surface area contributed by atoms with Crippen molar-refractivity contribution in [2.45, 2.75) is 13.0 Å². The van der Waals surface area contributed by atoms with Crippen LogP contribution in [-0.4, -0.2) is 35.8 Å². The number of ether oxygens (including phenoxy) is 2. The summed E-state index contributed by atoms with van der Waals surface area (Å²) in [5, 5.41) is 4.26. The fraction of sp³-hybridized carbons (Fsp3) is 0.267. The molecule has 0 saturated carbocycles. The summed E-state index contributed by atoms with van der Waals surface area (Å²) in [6.07, 6.45) is 1.71. The van der Waals surface area contributed by atoms with Gasteiger partial charge in [-0.15, -0.1) is 0 Å². The van der Waals surface area contributed by atoms with E-state index in [2.05, 4.69) is 9.84 Å². The summed E-state index contributed by atoms with van der Waals surface area (Å²) in [7, 11) is 2.80. The highest BCUT2D eigenvalue weighted by atomic mass is 16.5. The number of Topliss-reactive ketones (excluding diaryl/α,β-unsaturated/α-hetero) is 1. The summed E-state index contributed by atoms with van der Waals surface area (Å²) in [6.45, 7) is 0.580. The number of carbonyl (C=O) groups is 2. The minimum absolute atomic E-state index is 0.0533. The van der Waals surface area contributed by atoms with E-state index in [1.807, 2.05) is 24.3 Å². The highest BCUT2D eigenvalue weighted by molar-refractivity contribution is 6.33. The molecule has 0 fully saturated rings. The SMILES string of the molecule is COC(=O)C(=O)Cc1ccn(Cc2ccc(OC)cc2)n1. The van der Waals surface area contributed by atoms with E-state index in [-0.39, 0.29) is 6.42 Å². The Bertz CT molecular complexity index is 631. The molecule has 0 unspecified atom stereocenters. The smallest absolute Gasteiger partial charge is 0.374 e. The molecule has 6 nitrogen and oxygen atoms in total. The van der Waals surface area contributed by atoms with E-state index in [0.717, 1.165) is 11.3 Å². The van der Waals surface area contributed by atoms with E-state index in [9.17, 15) is 9.59 Å². The molecule has 0 amide bonds. The molecule has 1 heterocycles. The zero-order valence-corrected chi connectivity index (χ0v) is 11.9. The topological polar surface area (TPSA) is 70.4 Å². The van der Waals surface area contributed by atoms with Gasteiger partial charge in [-0.2, -0.15) is 5.10 Å². The molecule has 0 aliphatic carbocycles. The number of hydrogen-bond acceptors (Lipinski definition) is 5. The van der Waals surface area contributed by atoms with Crippen LogP contribution in [0.5, 0.6) is 5.75 Å². The molecule has 0 N–H and O–H groups in total. The summed E-state index contributed by atoms with van der Waals surface area (Å²) in [6, 6.07) is 9.35. The number of rotatable bonds is 6. The van der Waals surface area contributed by atoms with Gasteiger partial charge >= 0.3 is 5.97 Å². The minimum Gasteiger partial charge on any atom is -0.497 e. The molecule has 110 valence electrons. The Balaban J connectivity index is 1.99. The first-order chi connectivity index (χ1) is 10.1. The quantitative estimate of drug-likeness (QED) is 0.590. The predicted octanol–water partition coefficient (Wildman–Crippen LogP) is 1.22. The second-order valence-corrected chi connectivity index (χ2v) is 4.44. The predicted molar refractivity (Wildman–Crippen MR) is 75.1 cm³/mol. The maximum Gasteiger partial charge on any atom is 0.374 e. The van der Waals surface area contributed by atoms with Crippen molar-refractivity contribution in [2.75, 3.05) is 14.2 Å². The van der Waals surface area contributed by atoms with E-state index in [1.54, 1.807) is 24.1 Å². The maximum absolute atomic E-state index is 11.4. The Hall–Kier alpha value is -2.63. The van der Waals surface area contributed by atoms with E-state index in [1.165, 1.54) is 7.11 Å². The lowest BCUT2D eigenvalue weighted by atomic mass is 10.2. The third-order valence-corrected chi connectivity index (χ3v) is 2.95. The lowest BCUT2D eigenvalue weighted by Crippen LogP contribution is -2.18. The van der Waals surface area contributed by atoms with Gasteiger partial charge in [-0.3, -0.25) is 9.48 Å². The third kappa shape index (κ3) is 3.92. The molecule has 1 aromatic carbocycles. The van der Waals surface area contributed by atoms with Gasteiger partial charge in [0.15, 0.2) is 0 Å². The molecule has 0 aliphatic heterocycles. The zero-order chi connectivity index (χ0) is 15.2. The Labute approximate surface area is 122 Å².